The summed E-state index contributed by atoms with van der Waals surface area (Å²) in [4.78, 5) is 6.45. The zero-order chi connectivity index (χ0) is 15.6. The monoisotopic (exact) mass is 409 g/mol. The maximum Gasteiger partial charge on any atom is 0.243 e. The summed E-state index contributed by atoms with van der Waals surface area (Å²) in [5, 5.41) is 0.765. The molecule has 116 valence electrons. The third kappa shape index (κ3) is 3.91. The Balaban J connectivity index is 2.21. The van der Waals surface area contributed by atoms with Gasteiger partial charge in [0.15, 0.2) is 0 Å². The number of nitrogens with zero attached hydrogens (tertiary/aromatic N) is 1. The summed E-state index contributed by atoms with van der Waals surface area (Å²) in [6.07, 6.45) is 2.69. The van der Waals surface area contributed by atoms with E-state index < -0.39 is 10.0 Å². The number of hydrogen-bond acceptors (Lipinski definition) is 6. The topological polar surface area (TPSA) is 85.1 Å². The van der Waals surface area contributed by atoms with E-state index in [0.717, 1.165) is 21.2 Å². The van der Waals surface area contributed by atoms with Crippen LogP contribution in [0.3, 0.4) is 0 Å². The van der Waals surface area contributed by atoms with Gasteiger partial charge in [-0.05, 0) is 35.3 Å². The van der Waals surface area contributed by atoms with Gasteiger partial charge in [-0.3, -0.25) is 0 Å². The molecule has 5 nitrogen and oxygen atoms in total. The fourth-order valence-electron chi connectivity index (χ4n) is 1.71. The Morgan fingerprint density at radius 1 is 1.43 bits per heavy atom. The number of nitrogens with one attached hydrogen (secondary N) is 1. The first kappa shape index (κ1) is 17.0. The fraction of sp³-hybridized carbons (Fsp3) is 0.417. The fourth-order valence-corrected chi connectivity index (χ4v) is 6.42. The summed E-state index contributed by atoms with van der Waals surface area (Å²) in [5.74, 6) is 0. The summed E-state index contributed by atoms with van der Waals surface area (Å²) in [6.45, 7) is 4.16. The van der Waals surface area contributed by atoms with Gasteiger partial charge in [0.25, 0.3) is 0 Å². The SMILES string of the molecule is CCc1cnc(C(C)NS(=O)(=O)c2cc(CN)sc2Br)s1. The van der Waals surface area contributed by atoms with Crippen LogP contribution in [0.15, 0.2) is 20.9 Å². The molecule has 0 aliphatic heterocycles. The molecule has 0 aliphatic rings. The smallest absolute Gasteiger partial charge is 0.243 e. The van der Waals surface area contributed by atoms with Crippen molar-refractivity contribution in [1.29, 1.82) is 0 Å². The van der Waals surface area contributed by atoms with Crippen molar-refractivity contribution in [3.05, 3.63) is 30.8 Å². The van der Waals surface area contributed by atoms with Crippen LogP contribution in [0.5, 0.6) is 0 Å². The molecule has 0 saturated carbocycles. The lowest BCUT2D eigenvalue weighted by Crippen LogP contribution is -2.26. The van der Waals surface area contributed by atoms with Crippen molar-refractivity contribution in [3.8, 4) is 0 Å². The van der Waals surface area contributed by atoms with E-state index in [1.807, 2.05) is 6.92 Å². The molecule has 1 unspecified atom stereocenters. The summed E-state index contributed by atoms with van der Waals surface area (Å²) in [7, 11) is -3.60. The van der Waals surface area contributed by atoms with E-state index in [4.69, 9.17) is 5.73 Å². The van der Waals surface area contributed by atoms with Crippen LogP contribution in [-0.4, -0.2) is 13.4 Å². The highest BCUT2D eigenvalue weighted by molar-refractivity contribution is 9.11. The van der Waals surface area contributed by atoms with Gasteiger partial charge in [-0.15, -0.1) is 22.7 Å². The number of thiophene rings is 1. The first-order valence-electron chi connectivity index (χ1n) is 6.32. The van der Waals surface area contributed by atoms with Crippen LogP contribution in [0.1, 0.15) is 34.7 Å². The molecule has 0 saturated heterocycles. The molecule has 1 atom stereocenters. The van der Waals surface area contributed by atoms with Gasteiger partial charge in [0.1, 0.15) is 9.90 Å². The second kappa shape index (κ2) is 6.84. The van der Waals surface area contributed by atoms with E-state index in [9.17, 15) is 8.42 Å². The number of nitrogens with two attached hydrogens (primary N) is 1. The van der Waals surface area contributed by atoms with E-state index in [-0.39, 0.29) is 10.9 Å². The van der Waals surface area contributed by atoms with Gasteiger partial charge in [0.05, 0.1) is 9.83 Å². The molecule has 9 heteroatoms. The maximum atomic E-state index is 12.4. The molecular formula is C12H16BrN3O2S3. The third-order valence-corrected chi connectivity index (χ3v) is 7.96. The van der Waals surface area contributed by atoms with Crippen molar-refractivity contribution < 1.29 is 8.42 Å². The molecule has 2 rings (SSSR count). The van der Waals surface area contributed by atoms with Gasteiger partial charge >= 0.3 is 0 Å². The van der Waals surface area contributed by atoms with Crippen LogP contribution >= 0.6 is 38.6 Å². The molecule has 2 heterocycles. The number of rotatable bonds is 6. The minimum Gasteiger partial charge on any atom is -0.326 e. The standard InChI is InChI=1S/C12H16BrN3O2S3/c1-3-8-6-15-12(20-8)7(2)16-21(17,18)10-4-9(5-14)19-11(10)13/h4,6-7,16H,3,5,14H2,1-2H3. The van der Waals surface area contributed by atoms with Crippen molar-refractivity contribution in [2.24, 2.45) is 5.73 Å². The van der Waals surface area contributed by atoms with Crippen LogP contribution in [0, 0.1) is 0 Å². The normalized spacial score (nSPS) is 13.5. The lowest BCUT2D eigenvalue weighted by Gasteiger charge is -2.11. The quantitative estimate of drug-likeness (QED) is 0.767. The Hall–Kier alpha value is -0.320. The second-order valence-electron chi connectivity index (χ2n) is 4.42. The summed E-state index contributed by atoms with van der Waals surface area (Å²) >= 11 is 6.14. The van der Waals surface area contributed by atoms with E-state index in [1.54, 1.807) is 19.2 Å². The van der Waals surface area contributed by atoms with E-state index in [1.165, 1.54) is 22.7 Å². The van der Waals surface area contributed by atoms with Crippen molar-refractivity contribution in [2.45, 2.75) is 37.8 Å². The lowest BCUT2D eigenvalue weighted by atomic mass is 10.4. The Bertz CT molecular complexity index is 724. The predicted molar refractivity (Wildman–Crippen MR) is 90.1 cm³/mol. The summed E-state index contributed by atoms with van der Waals surface area (Å²) < 4.78 is 28.1. The van der Waals surface area contributed by atoms with Crippen LogP contribution in [0.4, 0.5) is 0 Å². The molecule has 2 aromatic rings. The Kier molecular flexibility index (Phi) is 5.55. The first-order chi connectivity index (χ1) is 9.87. The number of halogens is 1. The molecule has 0 fully saturated rings. The summed E-state index contributed by atoms with van der Waals surface area (Å²) in [5.41, 5.74) is 5.55. The molecule has 0 aromatic carbocycles. The minimum atomic E-state index is -3.60. The molecule has 2 aromatic heterocycles. The van der Waals surface area contributed by atoms with Crippen molar-refractivity contribution in [2.75, 3.05) is 0 Å². The van der Waals surface area contributed by atoms with Crippen molar-refractivity contribution in [3.63, 3.8) is 0 Å². The Labute approximate surface area is 140 Å². The van der Waals surface area contributed by atoms with Crippen molar-refractivity contribution in [1.82, 2.24) is 9.71 Å². The van der Waals surface area contributed by atoms with E-state index in [2.05, 4.69) is 25.6 Å². The molecule has 3 N–H and O–H groups in total. The number of aryl methyl sites for hydroxylation is 1. The zero-order valence-corrected chi connectivity index (χ0v) is 15.6. The highest BCUT2D eigenvalue weighted by Crippen LogP contribution is 2.32. The third-order valence-electron chi connectivity index (χ3n) is 2.82. The van der Waals surface area contributed by atoms with Gasteiger partial charge in [-0.1, -0.05) is 6.92 Å². The average molecular weight is 410 g/mol. The lowest BCUT2D eigenvalue weighted by molar-refractivity contribution is 0.566. The number of hydrogen-bond donors (Lipinski definition) is 2. The molecular weight excluding hydrogens is 394 g/mol. The van der Waals surface area contributed by atoms with Crippen LogP contribution < -0.4 is 10.5 Å². The van der Waals surface area contributed by atoms with Gasteiger partial charge < -0.3 is 5.73 Å². The predicted octanol–water partition coefficient (Wildman–Crippen LogP) is 3.03. The largest absolute Gasteiger partial charge is 0.326 e. The zero-order valence-electron chi connectivity index (χ0n) is 11.6. The molecule has 0 radical (unpaired) electrons. The second-order valence-corrected chi connectivity index (χ2v) is 9.70. The van der Waals surface area contributed by atoms with E-state index in [0.29, 0.717) is 10.3 Å². The van der Waals surface area contributed by atoms with E-state index >= 15 is 0 Å². The van der Waals surface area contributed by atoms with Crippen molar-refractivity contribution >= 4 is 48.6 Å². The number of thiazole rings is 1. The van der Waals surface area contributed by atoms with Gasteiger partial charge in [0.2, 0.25) is 10.0 Å². The molecule has 0 amide bonds. The highest BCUT2D eigenvalue weighted by Gasteiger charge is 2.24. The van der Waals surface area contributed by atoms with Gasteiger partial charge in [-0.25, -0.2) is 18.1 Å². The van der Waals surface area contributed by atoms with Gasteiger partial charge in [-0.2, -0.15) is 0 Å². The molecule has 0 spiro atoms. The molecule has 21 heavy (non-hydrogen) atoms. The maximum absolute atomic E-state index is 12.4. The highest BCUT2D eigenvalue weighted by atomic mass is 79.9. The number of aromatic nitrogens is 1. The van der Waals surface area contributed by atoms with Crippen LogP contribution in [-0.2, 0) is 23.0 Å². The minimum absolute atomic E-state index is 0.229. The average Bonchev–Trinajstić information content (AvgIpc) is 3.04. The first-order valence-corrected chi connectivity index (χ1v) is 10.2. The van der Waals surface area contributed by atoms with Crippen LogP contribution in [0.2, 0.25) is 0 Å². The Morgan fingerprint density at radius 2 is 2.14 bits per heavy atom. The van der Waals surface area contributed by atoms with Crippen LogP contribution in [0.25, 0.3) is 0 Å². The number of sulfonamides is 1. The molecule has 0 bridgehead atoms. The summed E-state index contributed by atoms with van der Waals surface area (Å²) in [6, 6.07) is 1.23. The Morgan fingerprint density at radius 3 is 2.67 bits per heavy atom. The molecule has 0 aliphatic carbocycles. The van der Waals surface area contributed by atoms with Gasteiger partial charge in [0, 0.05) is 22.5 Å².